The minimum absolute atomic E-state index is 0.0397. The number of Topliss-reactive ketones (excluding diaryl/α,β-unsaturated/α-hetero) is 1. The zero-order valence-electron chi connectivity index (χ0n) is 8.24. The Kier molecular flexibility index (Phi) is 2.15. The van der Waals surface area contributed by atoms with Gasteiger partial charge < -0.3 is 9.47 Å². The fourth-order valence-electron chi connectivity index (χ4n) is 1.68. The molecule has 0 aromatic heterocycles. The number of carbonyl (C=O) groups is 1. The second-order valence-corrected chi connectivity index (χ2v) is 3.39. The topological polar surface area (TPSA) is 35.5 Å². The molecule has 2 rings (SSSR count). The summed E-state index contributed by atoms with van der Waals surface area (Å²) >= 11 is 0. The van der Waals surface area contributed by atoms with Gasteiger partial charge in [0, 0.05) is 6.42 Å². The van der Waals surface area contributed by atoms with Gasteiger partial charge in [-0.15, -0.1) is 0 Å². The fraction of sp³-hybridized carbons (Fsp3) is 0.364. The van der Waals surface area contributed by atoms with E-state index in [0.29, 0.717) is 23.5 Å². The summed E-state index contributed by atoms with van der Waals surface area (Å²) in [5.41, 5.74) is 0.577. The van der Waals surface area contributed by atoms with E-state index >= 15 is 0 Å². The largest absolute Gasteiger partial charge is 0.496 e. The maximum atomic E-state index is 11.7. The molecule has 14 heavy (non-hydrogen) atoms. The standard InChI is InChI=1S/C11H12O3/c1-7-6-8(12)11-9(13-2)4-3-5-10(11)14-7/h3-5,7H,6H2,1-2H3. The lowest BCUT2D eigenvalue weighted by Gasteiger charge is -2.23. The molecule has 1 unspecified atom stereocenters. The molecule has 1 aliphatic heterocycles. The summed E-state index contributed by atoms with van der Waals surface area (Å²) in [5, 5.41) is 0. The molecule has 0 amide bonds. The molecule has 1 heterocycles. The number of fused-ring (bicyclic) bond motifs is 1. The molecule has 0 saturated heterocycles. The van der Waals surface area contributed by atoms with Crippen molar-refractivity contribution in [3.63, 3.8) is 0 Å². The number of ether oxygens (including phenoxy) is 2. The van der Waals surface area contributed by atoms with Crippen LogP contribution in [0.2, 0.25) is 0 Å². The number of carbonyl (C=O) groups excluding carboxylic acids is 1. The predicted octanol–water partition coefficient (Wildman–Crippen LogP) is 2.05. The third kappa shape index (κ3) is 1.35. The summed E-state index contributed by atoms with van der Waals surface area (Å²) in [4.78, 5) is 11.7. The molecule has 0 saturated carbocycles. The SMILES string of the molecule is COc1cccc2c1C(=O)CC(C)O2. The first-order valence-electron chi connectivity index (χ1n) is 4.59. The molecular weight excluding hydrogens is 180 g/mol. The Morgan fingerprint density at radius 3 is 3.00 bits per heavy atom. The normalized spacial score (nSPS) is 19.9. The molecule has 74 valence electrons. The van der Waals surface area contributed by atoms with E-state index < -0.39 is 0 Å². The highest BCUT2D eigenvalue weighted by Gasteiger charge is 2.26. The van der Waals surface area contributed by atoms with Gasteiger partial charge in [-0.1, -0.05) is 6.07 Å². The summed E-state index contributed by atoms with van der Waals surface area (Å²) < 4.78 is 10.7. The first kappa shape index (κ1) is 9.06. The average Bonchev–Trinajstić information content (AvgIpc) is 2.16. The molecule has 3 nitrogen and oxygen atoms in total. The fourth-order valence-corrected chi connectivity index (χ4v) is 1.68. The maximum Gasteiger partial charge on any atom is 0.174 e. The first-order valence-corrected chi connectivity index (χ1v) is 4.59. The number of ketones is 1. The number of benzene rings is 1. The lowest BCUT2D eigenvalue weighted by molar-refractivity contribution is 0.0866. The quantitative estimate of drug-likeness (QED) is 0.683. The highest BCUT2D eigenvalue weighted by atomic mass is 16.5. The lowest BCUT2D eigenvalue weighted by atomic mass is 10.0. The van der Waals surface area contributed by atoms with Crippen molar-refractivity contribution in [1.29, 1.82) is 0 Å². The van der Waals surface area contributed by atoms with Crippen LogP contribution in [0.5, 0.6) is 11.5 Å². The molecule has 1 aromatic rings. The molecule has 0 spiro atoms. The van der Waals surface area contributed by atoms with Gasteiger partial charge in [0.15, 0.2) is 5.78 Å². The monoisotopic (exact) mass is 192 g/mol. The number of methoxy groups -OCH3 is 1. The summed E-state index contributed by atoms with van der Waals surface area (Å²) in [6.07, 6.45) is 0.384. The Labute approximate surface area is 82.6 Å². The zero-order valence-corrected chi connectivity index (χ0v) is 8.24. The summed E-state index contributed by atoms with van der Waals surface area (Å²) in [6.45, 7) is 1.89. The van der Waals surface area contributed by atoms with Crippen molar-refractivity contribution in [2.24, 2.45) is 0 Å². The van der Waals surface area contributed by atoms with Crippen LogP contribution >= 0.6 is 0 Å². The van der Waals surface area contributed by atoms with Crippen LogP contribution in [-0.4, -0.2) is 19.0 Å². The molecule has 3 heteroatoms. The molecule has 0 fully saturated rings. The van der Waals surface area contributed by atoms with Gasteiger partial charge in [-0.05, 0) is 19.1 Å². The van der Waals surface area contributed by atoms with Crippen molar-refractivity contribution in [2.75, 3.05) is 7.11 Å². The first-order chi connectivity index (χ1) is 6.72. The van der Waals surface area contributed by atoms with Crippen molar-refractivity contribution in [3.8, 4) is 11.5 Å². The molecule has 0 bridgehead atoms. The minimum atomic E-state index is -0.0397. The Morgan fingerprint density at radius 2 is 2.29 bits per heavy atom. The van der Waals surface area contributed by atoms with Crippen molar-refractivity contribution in [3.05, 3.63) is 23.8 Å². The number of rotatable bonds is 1. The average molecular weight is 192 g/mol. The van der Waals surface area contributed by atoms with E-state index in [1.807, 2.05) is 13.0 Å². The van der Waals surface area contributed by atoms with Crippen LogP contribution in [0.4, 0.5) is 0 Å². The Bertz CT molecular complexity index is 371. The predicted molar refractivity (Wildman–Crippen MR) is 52.0 cm³/mol. The smallest absolute Gasteiger partial charge is 0.174 e. The second kappa shape index (κ2) is 3.33. The van der Waals surface area contributed by atoms with E-state index in [4.69, 9.17) is 9.47 Å². The Balaban J connectivity index is 2.53. The highest BCUT2D eigenvalue weighted by molar-refractivity contribution is 6.02. The maximum absolute atomic E-state index is 11.7. The van der Waals surface area contributed by atoms with Crippen molar-refractivity contribution >= 4 is 5.78 Å². The van der Waals surface area contributed by atoms with Crippen molar-refractivity contribution in [2.45, 2.75) is 19.4 Å². The highest BCUT2D eigenvalue weighted by Crippen LogP contribution is 2.34. The van der Waals surface area contributed by atoms with Gasteiger partial charge in [-0.2, -0.15) is 0 Å². The van der Waals surface area contributed by atoms with Crippen LogP contribution in [0.25, 0.3) is 0 Å². The van der Waals surface area contributed by atoms with Gasteiger partial charge in [-0.3, -0.25) is 4.79 Å². The molecule has 1 atom stereocenters. The summed E-state index contributed by atoms with van der Waals surface area (Å²) in [7, 11) is 1.56. The van der Waals surface area contributed by atoms with Gasteiger partial charge in [0.05, 0.1) is 7.11 Å². The van der Waals surface area contributed by atoms with Crippen LogP contribution < -0.4 is 9.47 Å². The van der Waals surface area contributed by atoms with E-state index in [9.17, 15) is 4.79 Å². The van der Waals surface area contributed by atoms with Crippen LogP contribution in [0.3, 0.4) is 0 Å². The Morgan fingerprint density at radius 1 is 1.50 bits per heavy atom. The van der Waals surface area contributed by atoms with Crippen molar-refractivity contribution in [1.82, 2.24) is 0 Å². The van der Waals surface area contributed by atoms with Gasteiger partial charge in [0.1, 0.15) is 23.2 Å². The van der Waals surface area contributed by atoms with Crippen molar-refractivity contribution < 1.29 is 14.3 Å². The number of hydrogen-bond donors (Lipinski definition) is 0. The lowest BCUT2D eigenvalue weighted by Crippen LogP contribution is -2.24. The summed E-state index contributed by atoms with van der Waals surface area (Å²) in [5.74, 6) is 1.32. The van der Waals surface area contributed by atoms with Gasteiger partial charge in [0.25, 0.3) is 0 Å². The molecule has 0 aliphatic carbocycles. The summed E-state index contributed by atoms with van der Waals surface area (Å²) in [6, 6.07) is 5.39. The molecule has 1 aromatic carbocycles. The van der Waals surface area contributed by atoms with Gasteiger partial charge in [0.2, 0.25) is 0 Å². The van der Waals surface area contributed by atoms with E-state index in [1.165, 1.54) is 0 Å². The van der Waals surface area contributed by atoms with Crippen LogP contribution in [0.1, 0.15) is 23.7 Å². The van der Waals surface area contributed by atoms with Gasteiger partial charge >= 0.3 is 0 Å². The van der Waals surface area contributed by atoms with E-state index in [-0.39, 0.29) is 11.9 Å². The van der Waals surface area contributed by atoms with E-state index in [1.54, 1.807) is 19.2 Å². The third-order valence-corrected chi connectivity index (χ3v) is 2.29. The third-order valence-electron chi connectivity index (χ3n) is 2.29. The Hall–Kier alpha value is -1.51. The molecule has 1 aliphatic rings. The van der Waals surface area contributed by atoms with Crippen LogP contribution in [0.15, 0.2) is 18.2 Å². The van der Waals surface area contributed by atoms with E-state index in [2.05, 4.69) is 0 Å². The second-order valence-electron chi connectivity index (χ2n) is 3.39. The molecule has 0 radical (unpaired) electrons. The molecular formula is C11H12O3. The van der Waals surface area contributed by atoms with Crippen LogP contribution in [-0.2, 0) is 0 Å². The molecule has 0 N–H and O–H groups in total. The van der Waals surface area contributed by atoms with Gasteiger partial charge in [-0.25, -0.2) is 0 Å². The number of hydrogen-bond acceptors (Lipinski definition) is 3. The minimum Gasteiger partial charge on any atom is -0.496 e. The van der Waals surface area contributed by atoms with E-state index in [0.717, 1.165) is 0 Å². The van der Waals surface area contributed by atoms with Crippen LogP contribution in [0, 0.1) is 0 Å². The zero-order chi connectivity index (χ0) is 10.1.